The SMILES string of the molecule is CC1C[C@H]2[C@@H]3CCC4=CC(=O)CC[C@]4(C)[C@@]3(F)C(O)C[C@]2(C)[C@H]1C(=O)CO. The van der Waals surface area contributed by atoms with Crippen LogP contribution in [0, 0.1) is 34.5 Å². The van der Waals surface area contributed by atoms with Gasteiger partial charge >= 0.3 is 0 Å². The summed E-state index contributed by atoms with van der Waals surface area (Å²) in [5.74, 6) is -0.686. The van der Waals surface area contributed by atoms with E-state index in [9.17, 15) is 19.8 Å². The number of aliphatic hydroxyl groups is 2. The number of halogens is 1. The summed E-state index contributed by atoms with van der Waals surface area (Å²) in [6, 6.07) is 0. The van der Waals surface area contributed by atoms with E-state index in [-0.39, 0.29) is 41.7 Å². The zero-order valence-corrected chi connectivity index (χ0v) is 16.5. The van der Waals surface area contributed by atoms with E-state index < -0.39 is 29.2 Å². The maximum atomic E-state index is 16.9. The van der Waals surface area contributed by atoms with E-state index in [1.54, 1.807) is 6.08 Å². The molecular formula is C22H31FO4. The van der Waals surface area contributed by atoms with Crippen LogP contribution in [0.5, 0.6) is 0 Å². The molecule has 150 valence electrons. The third kappa shape index (κ3) is 2.27. The number of hydrogen-bond donors (Lipinski definition) is 2. The van der Waals surface area contributed by atoms with Gasteiger partial charge in [-0.15, -0.1) is 0 Å². The van der Waals surface area contributed by atoms with Gasteiger partial charge in [0.05, 0.1) is 6.10 Å². The van der Waals surface area contributed by atoms with Crippen molar-refractivity contribution < 1.29 is 24.2 Å². The summed E-state index contributed by atoms with van der Waals surface area (Å²) in [5.41, 5.74) is -2.21. The molecule has 4 nitrogen and oxygen atoms in total. The van der Waals surface area contributed by atoms with Gasteiger partial charge in [-0.25, -0.2) is 4.39 Å². The lowest BCUT2D eigenvalue weighted by Crippen LogP contribution is -2.67. The molecule has 0 bridgehead atoms. The van der Waals surface area contributed by atoms with Gasteiger partial charge in [-0.2, -0.15) is 0 Å². The second-order valence-corrected chi connectivity index (χ2v) is 10.0. The van der Waals surface area contributed by atoms with Crippen LogP contribution < -0.4 is 0 Å². The maximum Gasteiger partial charge on any atom is 0.162 e. The summed E-state index contributed by atoms with van der Waals surface area (Å²) >= 11 is 0. The van der Waals surface area contributed by atoms with E-state index >= 15 is 4.39 Å². The van der Waals surface area contributed by atoms with Crippen molar-refractivity contribution in [3.63, 3.8) is 0 Å². The van der Waals surface area contributed by atoms with Gasteiger partial charge in [0.25, 0.3) is 0 Å². The van der Waals surface area contributed by atoms with Gasteiger partial charge in [0.15, 0.2) is 11.6 Å². The van der Waals surface area contributed by atoms with E-state index in [0.29, 0.717) is 25.7 Å². The molecule has 0 saturated heterocycles. The van der Waals surface area contributed by atoms with Crippen molar-refractivity contribution in [3.8, 4) is 0 Å². The molecule has 3 saturated carbocycles. The molecule has 4 rings (SSSR count). The van der Waals surface area contributed by atoms with Gasteiger partial charge < -0.3 is 10.2 Å². The molecule has 4 aliphatic rings. The summed E-state index contributed by atoms with van der Waals surface area (Å²) in [5, 5.41) is 20.6. The Morgan fingerprint density at radius 3 is 2.67 bits per heavy atom. The molecule has 0 radical (unpaired) electrons. The number of fused-ring (bicyclic) bond motifs is 5. The highest BCUT2D eigenvalue weighted by molar-refractivity contribution is 5.91. The molecule has 0 amide bonds. The lowest BCUT2D eigenvalue weighted by Gasteiger charge is -2.62. The molecule has 0 aliphatic heterocycles. The Morgan fingerprint density at radius 1 is 1.30 bits per heavy atom. The standard InChI is InChI=1S/C22H31FO4/c1-12-8-16-15-5-4-13-9-14(25)6-7-21(13,3)22(15,23)18(27)10-20(16,2)19(12)17(26)11-24/h9,12,15-16,18-19,24,27H,4-8,10-11H2,1-3H3/t12?,15-,16-,18?,19+,20-,21-,22-/m0/s1. The van der Waals surface area contributed by atoms with Gasteiger partial charge in [-0.05, 0) is 55.4 Å². The largest absolute Gasteiger partial charge is 0.390 e. The van der Waals surface area contributed by atoms with Crippen LogP contribution in [0.3, 0.4) is 0 Å². The zero-order valence-electron chi connectivity index (χ0n) is 16.5. The first-order valence-electron chi connectivity index (χ1n) is 10.3. The summed E-state index contributed by atoms with van der Waals surface area (Å²) in [6.07, 6.45) is 3.52. The number of carbonyl (C=O) groups excluding carboxylic acids is 2. The first-order chi connectivity index (χ1) is 12.6. The predicted molar refractivity (Wildman–Crippen MR) is 98.6 cm³/mol. The minimum Gasteiger partial charge on any atom is -0.390 e. The molecule has 27 heavy (non-hydrogen) atoms. The van der Waals surface area contributed by atoms with Crippen LogP contribution in [0.15, 0.2) is 11.6 Å². The summed E-state index contributed by atoms with van der Waals surface area (Å²) in [6.45, 7) is 5.42. The van der Waals surface area contributed by atoms with Gasteiger partial charge in [-0.1, -0.05) is 26.3 Å². The van der Waals surface area contributed by atoms with Crippen molar-refractivity contribution >= 4 is 11.6 Å². The topological polar surface area (TPSA) is 74.6 Å². The van der Waals surface area contributed by atoms with Gasteiger partial charge in [-0.3, -0.25) is 9.59 Å². The number of aliphatic hydroxyl groups excluding tert-OH is 2. The molecule has 8 atom stereocenters. The molecule has 0 aromatic rings. The summed E-state index contributed by atoms with van der Waals surface area (Å²) in [4.78, 5) is 24.4. The number of hydrogen-bond acceptors (Lipinski definition) is 4. The predicted octanol–water partition coefficient (Wildman–Crippen LogP) is 3.00. The minimum atomic E-state index is -1.77. The van der Waals surface area contributed by atoms with Crippen molar-refractivity contribution in [3.05, 3.63) is 11.6 Å². The Kier molecular flexibility index (Phi) is 4.25. The molecule has 5 heteroatoms. The van der Waals surface area contributed by atoms with Gasteiger partial charge in [0, 0.05) is 23.7 Å². The van der Waals surface area contributed by atoms with Crippen LogP contribution in [-0.2, 0) is 9.59 Å². The number of carbonyl (C=O) groups is 2. The maximum absolute atomic E-state index is 16.9. The average Bonchev–Trinajstić information content (AvgIpc) is 2.86. The third-order valence-corrected chi connectivity index (χ3v) is 8.88. The van der Waals surface area contributed by atoms with Crippen LogP contribution >= 0.6 is 0 Å². The number of rotatable bonds is 2. The first kappa shape index (κ1) is 19.3. The van der Waals surface area contributed by atoms with E-state index in [1.807, 2.05) is 20.8 Å². The lowest BCUT2D eigenvalue weighted by molar-refractivity contribution is -0.208. The Labute approximate surface area is 160 Å². The van der Waals surface area contributed by atoms with Crippen LogP contribution in [0.1, 0.15) is 59.3 Å². The number of ketones is 2. The molecule has 3 fully saturated rings. The van der Waals surface area contributed by atoms with E-state index in [0.717, 1.165) is 12.0 Å². The van der Waals surface area contributed by atoms with Crippen molar-refractivity contribution in [2.75, 3.05) is 6.61 Å². The summed E-state index contributed by atoms with van der Waals surface area (Å²) < 4.78 is 16.9. The van der Waals surface area contributed by atoms with Crippen LogP contribution in [0.4, 0.5) is 4.39 Å². The summed E-state index contributed by atoms with van der Waals surface area (Å²) in [7, 11) is 0. The van der Waals surface area contributed by atoms with Crippen LogP contribution in [0.25, 0.3) is 0 Å². The van der Waals surface area contributed by atoms with Crippen molar-refractivity contribution in [2.24, 2.45) is 34.5 Å². The highest BCUT2D eigenvalue weighted by atomic mass is 19.1. The van der Waals surface area contributed by atoms with Crippen LogP contribution in [0.2, 0.25) is 0 Å². The fourth-order valence-corrected chi connectivity index (χ4v) is 7.72. The quantitative estimate of drug-likeness (QED) is 0.775. The molecule has 0 spiro atoms. The second kappa shape index (κ2) is 5.96. The molecule has 0 aromatic heterocycles. The molecule has 4 aliphatic carbocycles. The van der Waals surface area contributed by atoms with E-state index in [4.69, 9.17) is 0 Å². The first-order valence-corrected chi connectivity index (χ1v) is 10.3. The number of Topliss-reactive ketones (excluding diaryl/α,β-unsaturated/α-hetero) is 1. The Morgan fingerprint density at radius 2 is 2.00 bits per heavy atom. The van der Waals surface area contributed by atoms with Crippen molar-refractivity contribution in [1.29, 1.82) is 0 Å². The molecule has 2 unspecified atom stereocenters. The molecule has 0 aromatic carbocycles. The second-order valence-electron chi connectivity index (χ2n) is 10.0. The Bertz CT molecular complexity index is 717. The van der Waals surface area contributed by atoms with Crippen molar-refractivity contribution in [2.45, 2.75) is 71.1 Å². The highest BCUT2D eigenvalue weighted by Crippen LogP contribution is 2.70. The van der Waals surface area contributed by atoms with E-state index in [2.05, 4.69) is 0 Å². The van der Waals surface area contributed by atoms with Crippen molar-refractivity contribution in [1.82, 2.24) is 0 Å². The normalized spacial score (nSPS) is 51.9. The van der Waals surface area contributed by atoms with Crippen LogP contribution in [-0.4, -0.2) is 40.2 Å². The zero-order chi connectivity index (χ0) is 19.8. The van der Waals surface area contributed by atoms with E-state index in [1.165, 1.54) is 0 Å². The third-order valence-electron chi connectivity index (χ3n) is 8.88. The average molecular weight is 378 g/mol. The minimum absolute atomic E-state index is 0.0115. The van der Waals surface area contributed by atoms with Gasteiger partial charge in [0.1, 0.15) is 12.3 Å². The van der Waals surface area contributed by atoms with Gasteiger partial charge in [0.2, 0.25) is 0 Å². The lowest BCUT2D eigenvalue weighted by atomic mass is 9.44. The fourth-order valence-electron chi connectivity index (χ4n) is 7.72. The molecule has 0 heterocycles. The Hall–Kier alpha value is -1.07. The molecular weight excluding hydrogens is 347 g/mol. The molecule has 2 N–H and O–H groups in total. The smallest absolute Gasteiger partial charge is 0.162 e. The highest BCUT2D eigenvalue weighted by Gasteiger charge is 2.71. The number of allylic oxidation sites excluding steroid dienone is 1. The Balaban J connectivity index is 1.79. The number of alkyl halides is 1. The fraction of sp³-hybridized carbons (Fsp3) is 0.818. The monoisotopic (exact) mass is 378 g/mol.